The van der Waals surface area contributed by atoms with E-state index >= 15 is 0 Å². The topological polar surface area (TPSA) is 29.5 Å². The van der Waals surface area contributed by atoms with Crippen molar-refractivity contribution in [2.75, 3.05) is 19.7 Å². The number of carbonyl (C=O) groups excluding carboxylic acids is 1. The fraction of sp³-hybridized carbons (Fsp3) is 0.909. The molecule has 1 aliphatic heterocycles. The number of Topliss-reactive ketones (excluding diaryl/α,β-unsaturated/α-hetero) is 1. The van der Waals surface area contributed by atoms with E-state index < -0.39 is 0 Å². The molecule has 0 spiro atoms. The minimum absolute atomic E-state index is 0.0317. The molecule has 0 aromatic carbocycles. The predicted molar refractivity (Wildman–Crippen MR) is 56.4 cm³/mol. The lowest BCUT2D eigenvalue weighted by atomic mass is 10.1. The average Bonchev–Trinajstić information content (AvgIpc) is 2.65. The van der Waals surface area contributed by atoms with Crippen LogP contribution in [-0.2, 0) is 9.53 Å². The van der Waals surface area contributed by atoms with E-state index in [1.165, 1.54) is 0 Å². The van der Waals surface area contributed by atoms with Crippen LogP contribution in [0.1, 0.15) is 33.6 Å². The second-order valence-corrected chi connectivity index (χ2v) is 4.01. The molecule has 0 aliphatic carbocycles. The van der Waals surface area contributed by atoms with Gasteiger partial charge in [0.1, 0.15) is 5.78 Å². The number of likely N-dealkylation sites (N-methyl/N-ethyl adjacent to an activating group) is 1. The van der Waals surface area contributed by atoms with E-state index in [4.69, 9.17) is 4.74 Å². The molecule has 1 aliphatic rings. The summed E-state index contributed by atoms with van der Waals surface area (Å²) in [5.41, 5.74) is 0. The SMILES string of the molecule is CCN(CC1CCCO1)C(C)C(C)=O. The van der Waals surface area contributed by atoms with Crippen LogP contribution in [0.2, 0.25) is 0 Å². The highest BCUT2D eigenvalue weighted by molar-refractivity contribution is 5.80. The molecule has 0 aromatic heterocycles. The van der Waals surface area contributed by atoms with Gasteiger partial charge in [-0.1, -0.05) is 6.92 Å². The third kappa shape index (κ3) is 3.07. The van der Waals surface area contributed by atoms with Crippen molar-refractivity contribution in [3.63, 3.8) is 0 Å². The van der Waals surface area contributed by atoms with Crippen LogP contribution in [-0.4, -0.2) is 42.5 Å². The van der Waals surface area contributed by atoms with Crippen LogP contribution in [0.4, 0.5) is 0 Å². The number of hydrogen-bond acceptors (Lipinski definition) is 3. The highest BCUT2D eigenvalue weighted by Gasteiger charge is 2.23. The van der Waals surface area contributed by atoms with Gasteiger partial charge in [-0.25, -0.2) is 0 Å². The largest absolute Gasteiger partial charge is 0.377 e. The Bertz CT molecular complexity index is 188. The van der Waals surface area contributed by atoms with Gasteiger partial charge in [0.05, 0.1) is 12.1 Å². The van der Waals surface area contributed by atoms with Crippen LogP contribution in [0, 0.1) is 0 Å². The van der Waals surface area contributed by atoms with E-state index in [0.29, 0.717) is 6.10 Å². The van der Waals surface area contributed by atoms with E-state index in [0.717, 1.165) is 32.5 Å². The summed E-state index contributed by atoms with van der Waals surface area (Å²) in [4.78, 5) is 13.4. The Hall–Kier alpha value is -0.410. The normalized spacial score (nSPS) is 24.1. The predicted octanol–water partition coefficient (Wildman–Crippen LogP) is 1.46. The molecule has 1 saturated heterocycles. The number of ketones is 1. The first-order chi connectivity index (χ1) is 6.65. The minimum Gasteiger partial charge on any atom is -0.377 e. The molecule has 0 bridgehead atoms. The number of nitrogens with zero attached hydrogens (tertiary/aromatic N) is 1. The van der Waals surface area contributed by atoms with Crippen molar-refractivity contribution in [2.24, 2.45) is 0 Å². The van der Waals surface area contributed by atoms with Crippen LogP contribution in [0.5, 0.6) is 0 Å². The van der Waals surface area contributed by atoms with E-state index in [-0.39, 0.29) is 11.8 Å². The Morgan fingerprint density at radius 1 is 1.64 bits per heavy atom. The average molecular weight is 199 g/mol. The zero-order valence-corrected chi connectivity index (χ0v) is 9.45. The minimum atomic E-state index is 0.0317. The lowest BCUT2D eigenvalue weighted by molar-refractivity contribution is -0.122. The summed E-state index contributed by atoms with van der Waals surface area (Å²) in [7, 11) is 0. The molecule has 0 aromatic rings. The molecule has 0 amide bonds. The molecule has 1 fully saturated rings. The Morgan fingerprint density at radius 3 is 2.79 bits per heavy atom. The van der Waals surface area contributed by atoms with Crippen molar-refractivity contribution in [2.45, 2.75) is 45.8 Å². The Balaban J connectivity index is 2.40. The summed E-state index contributed by atoms with van der Waals surface area (Å²) in [5.74, 6) is 0.241. The molecule has 2 unspecified atom stereocenters. The fourth-order valence-corrected chi connectivity index (χ4v) is 1.87. The van der Waals surface area contributed by atoms with Crippen LogP contribution in [0.3, 0.4) is 0 Å². The lowest BCUT2D eigenvalue weighted by Crippen LogP contribution is -2.42. The third-order valence-corrected chi connectivity index (χ3v) is 3.00. The van der Waals surface area contributed by atoms with Crippen LogP contribution in [0.25, 0.3) is 0 Å². The molecule has 1 rings (SSSR count). The molecule has 2 atom stereocenters. The second-order valence-electron chi connectivity index (χ2n) is 4.01. The van der Waals surface area contributed by atoms with Gasteiger partial charge in [-0.15, -0.1) is 0 Å². The Labute approximate surface area is 86.4 Å². The van der Waals surface area contributed by atoms with Gasteiger partial charge in [0.2, 0.25) is 0 Å². The van der Waals surface area contributed by atoms with Gasteiger partial charge in [0, 0.05) is 13.2 Å². The van der Waals surface area contributed by atoms with Gasteiger partial charge in [0.15, 0.2) is 0 Å². The molecular formula is C11H21NO2. The molecule has 14 heavy (non-hydrogen) atoms. The first-order valence-electron chi connectivity index (χ1n) is 5.51. The maximum absolute atomic E-state index is 11.2. The van der Waals surface area contributed by atoms with Gasteiger partial charge < -0.3 is 4.74 Å². The van der Waals surface area contributed by atoms with Gasteiger partial charge in [-0.2, -0.15) is 0 Å². The van der Waals surface area contributed by atoms with Gasteiger partial charge in [-0.3, -0.25) is 9.69 Å². The van der Waals surface area contributed by atoms with Crippen molar-refractivity contribution >= 4 is 5.78 Å². The fourth-order valence-electron chi connectivity index (χ4n) is 1.87. The first-order valence-corrected chi connectivity index (χ1v) is 5.51. The summed E-state index contributed by atoms with van der Waals surface area (Å²) < 4.78 is 5.56. The quantitative estimate of drug-likeness (QED) is 0.671. The maximum atomic E-state index is 11.2. The molecule has 0 N–H and O–H groups in total. The molecule has 0 radical (unpaired) electrons. The molecule has 3 heteroatoms. The first kappa shape index (κ1) is 11.7. The zero-order valence-electron chi connectivity index (χ0n) is 9.45. The summed E-state index contributed by atoms with van der Waals surface area (Å²) in [6, 6.07) is 0.0317. The van der Waals surface area contributed by atoms with E-state index in [2.05, 4.69) is 11.8 Å². The zero-order chi connectivity index (χ0) is 10.6. The second kappa shape index (κ2) is 5.47. The Kier molecular flexibility index (Phi) is 4.55. The van der Waals surface area contributed by atoms with Crippen LogP contribution < -0.4 is 0 Å². The molecule has 1 heterocycles. The third-order valence-electron chi connectivity index (χ3n) is 3.00. The summed E-state index contributed by atoms with van der Waals surface area (Å²) in [5, 5.41) is 0. The number of hydrogen-bond donors (Lipinski definition) is 0. The molecule has 3 nitrogen and oxygen atoms in total. The van der Waals surface area contributed by atoms with Crippen molar-refractivity contribution in [1.82, 2.24) is 4.90 Å². The molecule has 82 valence electrons. The van der Waals surface area contributed by atoms with E-state index in [1.807, 2.05) is 6.92 Å². The van der Waals surface area contributed by atoms with Crippen molar-refractivity contribution < 1.29 is 9.53 Å². The summed E-state index contributed by atoms with van der Waals surface area (Å²) in [6.07, 6.45) is 2.65. The number of ether oxygens (including phenoxy) is 1. The van der Waals surface area contributed by atoms with Crippen LogP contribution in [0.15, 0.2) is 0 Å². The summed E-state index contributed by atoms with van der Waals surface area (Å²) >= 11 is 0. The van der Waals surface area contributed by atoms with E-state index in [9.17, 15) is 4.79 Å². The van der Waals surface area contributed by atoms with E-state index in [1.54, 1.807) is 6.92 Å². The van der Waals surface area contributed by atoms with Crippen LogP contribution >= 0.6 is 0 Å². The highest BCUT2D eigenvalue weighted by atomic mass is 16.5. The number of rotatable bonds is 5. The molecule has 0 saturated carbocycles. The smallest absolute Gasteiger partial charge is 0.146 e. The van der Waals surface area contributed by atoms with Gasteiger partial charge >= 0.3 is 0 Å². The summed E-state index contributed by atoms with van der Waals surface area (Å²) in [6.45, 7) is 8.42. The Morgan fingerprint density at radius 2 is 2.36 bits per heavy atom. The van der Waals surface area contributed by atoms with Gasteiger partial charge in [0.25, 0.3) is 0 Å². The van der Waals surface area contributed by atoms with Crippen molar-refractivity contribution in [1.29, 1.82) is 0 Å². The van der Waals surface area contributed by atoms with Crippen molar-refractivity contribution in [3.05, 3.63) is 0 Å². The number of carbonyl (C=O) groups is 1. The molecular weight excluding hydrogens is 178 g/mol. The maximum Gasteiger partial charge on any atom is 0.146 e. The standard InChI is InChI=1S/C11H21NO2/c1-4-12(9(2)10(3)13)8-11-6-5-7-14-11/h9,11H,4-8H2,1-3H3. The van der Waals surface area contributed by atoms with Crippen molar-refractivity contribution in [3.8, 4) is 0 Å². The highest BCUT2D eigenvalue weighted by Crippen LogP contribution is 2.14. The van der Waals surface area contributed by atoms with Gasteiger partial charge in [-0.05, 0) is 33.2 Å². The lowest BCUT2D eigenvalue weighted by Gasteiger charge is -2.28. The monoisotopic (exact) mass is 199 g/mol.